The van der Waals surface area contributed by atoms with E-state index >= 15 is 0 Å². The number of carboxylic acid groups (broad SMARTS) is 1. The van der Waals surface area contributed by atoms with E-state index in [1.165, 1.54) is 32.1 Å². The van der Waals surface area contributed by atoms with Gasteiger partial charge in [0.05, 0.1) is 5.41 Å². The second-order valence-electron chi connectivity index (χ2n) is 6.76. The quantitative estimate of drug-likeness (QED) is 0.791. The van der Waals surface area contributed by atoms with E-state index in [-0.39, 0.29) is 0 Å². The number of hydrogen-bond donors (Lipinski definition) is 2. The summed E-state index contributed by atoms with van der Waals surface area (Å²) in [4.78, 5) is 11.4. The molecular formula is C15H29NO2. The van der Waals surface area contributed by atoms with Crippen LogP contribution in [0, 0.1) is 11.3 Å². The lowest BCUT2D eigenvalue weighted by Gasteiger charge is -2.45. The van der Waals surface area contributed by atoms with Crippen molar-refractivity contribution in [3.63, 3.8) is 0 Å². The molecule has 0 saturated heterocycles. The van der Waals surface area contributed by atoms with E-state index < -0.39 is 16.9 Å². The van der Waals surface area contributed by atoms with Crippen LogP contribution in [0.1, 0.15) is 66.7 Å². The van der Waals surface area contributed by atoms with Gasteiger partial charge in [-0.1, -0.05) is 26.2 Å². The lowest BCUT2D eigenvalue weighted by molar-refractivity contribution is -0.151. The lowest BCUT2D eigenvalue weighted by atomic mass is 9.72. The smallest absolute Gasteiger partial charge is 0.310 e. The van der Waals surface area contributed by atoms with E-state index in [9.17, 15) is 9.90 Å². The van der Waals surface area contributed by atoms with Crippen molar-refractivity contribution in [2.45, 2.75) is 78.3 Å². The Bertz CT molecular complexity index is 297. The van der Waals surface area contributed by atoms with Crippen LogP contribution in [-0.4, -0.2) is 22.7 Å². The highest BCUT2D eigenvalue weighted by molar-refractivity contribution is 5.75. The first-order valence-electron chi connectivity index (χ1n) is 7.23. The summed E-state index contributed by atoms with van der Waals surface area (Å²) < 4.78 is 0. The Kier molecular flexibility index (Phi) is 4.82. The van der Waals surface area contributed by atoms with Crippen molar-refractivity contribution in [3.05, 3.63) is 0 Å². The van der Waals surface area contributed by atoms with Gasteiger partial charge in [0.25, 0.3) is 0 Å². The Morgan fingerprint density at radius 2 is 1.78 bits per heavy atom. The highest BCUT2D eigenvalue weighted by Gasteiger charge is 2.45. The van der Waals surface area contributed by atoms with Crippen LogP contribution in [0.2, 0.25) is 0 Å². The third-order valence-corrected chi connectivity index (χ3v) is 5.08. The molecule has 1 fully saturated rings. The van der Waals surface area contributed by atoms with Crippen LogP contribution in [0.25, 0.3) is 0 Å². The van der Waals surface area contributed by atoms with E-state index in [2.05, 4.69) is 12.2 Å². The Balaban J connectivity index is 2.77. The average Bonchev–Trinajstić information content (AvgIpc) is 2.28. The van der Waals surface area contributed by atoms with Gasteiger partial charge in [0, 0.05) is 11.6 Å². The Morgan fingerprint density at radius 3 is 2.28 bits per heavy atom. The predicted octanol–water partition coefficient (Wildman–Crippen LogP) is 3.43. The zero-order valence-electron chi connectivity index (χ0n) is 12.5. The maximum Gasteiger partial charge on any atom is 0.310 e. The maximum atomic E-state index is 11.4. The van der Waals surface area contributed by atoms with E-state index in [0.717, 1.165) is 0 Å². The summed E-state index contributed by atoms with van der Waals surface area (Å²) in [6.45, 7) is 9.89. The highest BCUT2D eigenvalue weighted by Crippen LogP contribution is 2.35. The number of rotatable bonds is 5. The number of hydrogen-bond acceptors (Lipinski definition) is 2. The van der Waals surface area contributed by atoms with Crippen molar-refractivity contribution in [2.24, 2.45) is 11.3 Å². The second kappa shape index (κ2) is 5.60. The molecule has 106 valence electrons. The molecule has 0 spiro atoms. The highest BCUT2D eigenvalue weighted by atomic mass is 16.4. The molecule has 1 rings (SSSR count). The summed E-state index contributed by atoms with van der Waals surface area (Å²) in [6.07, 6.45) is 6.22. The molecule has 0 aliphatic heterocycles. The molecule has 2 N–H and O–H groups in total. The number of carboxylic acids is 1. The zero-order chi connectivity index (χ0) is 14.0. The standard InChI is InChI=1S/C15H29NO2/c1-6-11-9-7-8-10-12(11)16-15(4,5)14(2,3)13(17)18/h11-12,16H,6-10H2,1-5H3,(H,17,18). The van der Waals surface area contributed by atoms with Crippen molar-refractivity contribution in [2.75, 3.05) is 0 Å². The van der Waals surface area contributed by atoms with E-state index in [0.29, 0.717) is 12.0 Å². The van der Waals surface area contributed by atoms with Crippen LogP contribution < -0.4 is 5.32 Å². The van der Waals surface area contributed by atoms with Gasteiger partial charge in [0.1, 0.15) is 0 Å². The fourth-order valence-electron chi connectivity index (χ4n) is 2.80. The predicted molar refractivity (Wildman–Crippen MR) is 74.7 cm³/mol. The topological polar surface area (TPSA) is 49.3 Å². The molecule has 1 aliphatic rings. The third-order valence-electron chi connectivity index (χ3n) is 5.08. The average molecular weight is 255 g/mol. The molecule has 1 aliphatic carbocycles. The molecule has 18 heavy (non-hydrogen) atoms. The van der Waals surface area contributed by atoms with Crippen LogP contribution in [-0.2, 0) is 4.79 Å². The summed E-state index contributed by atoms with van der Waals surface area (Å²) in [5, 5.41) is 13.0. The van der Waals surface area contributed by atoms with Crippen molar-refractivity contribution in [1.29, 1.82) is 0 Å². The number of nitrogens with one attached hydrogen (secondary N) is 1. The lowest BCUT2D eigenvalue weighted by Crippen LogP contribution is -2.59. The molecule has 0 bridgehead atoms. The van der Waals surface area contributed by atoms with Crippen molar-refractivity contribution >= 4 is 5.97 Å². The first kappa shape index (κ1) is 15.5. The molecule has 0 heterocycles. The minimum absolute atomic E-state index is 0.395. The largest absolute Gasteiger partial charge is 0.481 e. The molecular weight excluding hydrogens is 226 g/mol. The summed E-state index contributed by atoms with van der Waals surface area (Å²) >= 11 is 0. The van der Waals surface area contributed by atoms with Gasteiger partial charge < -0.3 is 10.4 Å². The van der Waals surface area contributed by atoms with Crippen molar-refractivity contribution in [3.8, 4) is 0 Å². The second-order valence-corrected chi connectivity index (χ2v) is 6.76. The summed E-state index contributed by atoms with van der Waals surface area (Å²) in [5.74, 6) is -0.0357. The van der Waals surface area contributed by atoms with Gasteiger partial charge in [-0.25, -0.2) is 0 Å². The fourth-order valence-corrected chi connectivity index (χ4v) is 2.80. The Hall–Kier alpha value is -0.570. The molecule has 0 aromatic carbocycles. The van der Waals surface area contributed by atoms with E-state index in [4.69, 9.17) is 0 Å². The van der Waals surface area contributed by atoms with E-state index in [1.54, 1.807) is 0 Å². The minimum atomic E-state index is -0.761. The fraction of sp³-hybridized carbons (Fsp3) is 0.933. The van der Waals surface area contributed by atoms with Gasteiger partial charge in [-0.3, -0.25) is 4.79 Å². The third kappa shape index (κ3) is 3.05. The van der Waals surface area contributed by atoms with Crippen LogP contribution in [0.4, 0.5) is 0 Å². The van der Waals surface area contributed by atoms with Gasteiger partial charge in [0.15, 0.2) is 0 Å². The minimum Gasteiger partial charge on any atom is -0.481 e. The molecule has 0 amide bonds. The molecule has 0 aromatic rings. The van der Waals surface area contributed by atoms with Gasteiger partial charge >= 0.3 is 5.97 Å². The first-order chi connectivity index (χ1) is 8.22. The molecule has 3 nitrogen and oxygen atoms in total. The maximum absolute atomic E-state index is 11.4. The van der Waals surface area contributed by atoms with Crippen molar-refractivity contribution < 1.29 is 9.90 Å². The summed E-state index contributed by atoms with van der Waals surface area (Å²) in [5.41, 5.74) is -1.16. The Labute approximate surface area is 111 Å². The van der Waals surface area contributed by atoms with Gasteiger partial charge in [-0.05, 0) is 46.5 Å². The molecule has 2 atom stereocenters. The molecule has 0 aromatic heterocycles. The van der Waals surface area contributed by atoms with Crippen LogP contribution in [0.15, 0.2) is 0 Å². The molecule has 3 heteroatoms. The van der Waals surface area contributed by atoms with Gasteiger partial charge in [-0.15, -0.1) is 0 Å². The molecule has 1 saturated carbocycles. The van der Waals surface area contributed by atoms with Crippen molar-refractivity contribution in [1.82, 2.24) is 5.32 Å². The van der Waals surface area contributed by atoms with Crippen LogP contribution in [0.3, 0.4) is 0 Å². The summed E-state index contributed by atoms with van der Waals surface area (Å²) in [6, 6.07) is 0.470. The van der Waals surface area contributed by atoms with E-state index in [1.807, 2.05) is 27.7 Å². The van der Waals surface area contributed by atoms with Crippen LogP contribution >= 0.6 is 0 Å². The summed E-state index contributed by atoms with van der Waals surface area (Å²) in [7, 11) is 0. The SMILES string of the molecule is CCC1CCCCC1NC(C)(C)C(C)(C)C(=O)O. The van der Waals surface area contributed by atoms with Gasteiger partial charge in [0.2, 0.25) is 0 Å². The number of aliphatic carboxylic acids is 1. The first-order valence-corrected chi connectivity index (χ1v) is 7.23. The van der Waals surface area contributed by atoms with Crippen LogP contribution in [0.5, 0.6) is 0 Å². The monoisotopic (exact) mass is 255 g/mol. The normalized spacial score (nSPS) is 26.1. The zero-order valence-corrected chi connectivity index (χ0v) is 12.5. The molecule has 2 unspecified atom stereocenters. The number of carbonyl (C=O) groups is 1. The Morgan fingerprint density at radius 1 is 1.22 bits per heavy atom. The van der Waals surface area contributed by atoms with Gasteiger partial charge in [-0.2, -0.15) is 0 Å². The molecule has 0 radical (unpaired) electrons.